The number of halogens is 1. The first-order valence-electron chi connectivity index (χ1n) is 5.98. The van der Waals surface area contributed by atoms with Gasteiger partial charge in [-0.2, -0.15) is 0 Å². The maximum Gasteiger partial charge on any atom is 0.224 e. The molecule has 92 valence electrons. The molecule has 0 bridgehead atoms. The summed E-state index contributed by atoms with van der Waals surface area (Å²) in [5.41, 5.74) is 0.840. The van der Waals surface area contributed by atoms with E-state index in [0.29, 0.717) is 6.42 Å². The first-order chi connectivity index (χ1) is 8.24. The molecule has 17 heavy (non-hydrogen) atoms. The Morgan fingerprint density at radius 2 is 2.18 bits per heavy atom. The molecule has 2 rings (SSSR count). The third-order valence-corrected chi connectivity index (χ3v) is 2.94. The number of hydrogen-bond donors (Lipinski definition) is 2. The second-order valence-electron chi connectivity index (χ2n) is 4.41. The van der Waals surface area contributed by atoms with Crippen molar-refractivity contribution < 1.29 is 9.18 Å². The monoisotopic (exact) mass is 236 g/mol. The van der Waals surface area contributed by atoms with Crippen LogP contribution in [0, 0.1) is 5.82 Å². The van der Waals surface area contributed by atoms with Gasteiger partial charge in [-0.05, 0) is 37.1 Å². The van der Waals surface area contributed by atoms with E-state index in [4.69, 9.17) is 0 Å². The Bertz CT molecular complexity index is 372. The maximum atomic E-state index is 12.7. The molecule has 3 nitrogen and oxygen atoms in total. The van der Waals surface area contributed by atoms with Gasteiger partial charge in [0.05, 0.1) is 6.42 Å². The van der Waals surface area contributed by atoms with E-state index < -0.39 is 0 Å². The second kappa shape index (κ2) is 5.77. The molecule has 1 aromatic carbocycles. The van der Waals surface area contributed by atoms with E-state index >= 15 is 0 Å². The minimum atomic E-state index is -0.273. The van der Waals surface area contributed by atoms with Crippen LogP contribution < -0.4 is 10.6 Å². The number of nitrogens with one attached hydrogen (secondary N) is 2. The third kappa shape index (κ3) is 3.82. The smallest absolute Gasteiger partial charge is 0.224 e. The van der Waals surface area contributed by atoms with Crippen LogP contribution in [0.25, 0.3) is 0 Å². The van der Waals surface area contributed by atoms with Gasteiger partial charge in [-0.3, -0.25) is 4.79 Å². The summed E-state index contributed by atoms with van der Waals surface area (Å²) in [5, 5.41) is 6.23. The highest BCUT2D eigenvalue weighted by Crippen LogP contribution is 2.05. The van der Waals surface area contributed by atoms with Gasteiger partial charge in [-0.25, -0.2) is 4.39 Å². The SMILES string of the molecule is O=C(Cc1ccc(F)cc1)N[C@@H]1CCCNC1. The molecule has 1 atom stereocenters. The number of hydrogen-bond acceptors (Lipinski definition) is 2. The molecule has 0 aromatic heterocycles. The summed E-state index contributed by atoms with van der Waals surface area (Å²) >= 11 is 0. The Hall–Kier alpha value is -1.42. The maximum absolute atomic E-state index is 12.7. The summed E-state index contributed by atoms with van der Waals surface area (Å²) in [6.45, 7) is 1.87. The van der Waals surface area contributed by atoms with Crippen LogP contribution in [-0.4, -0.2) is 25.0 Å². The van der Waals surface area contributed by atoms with Crippen molar-refractivity contribution in [2.45, 2.75) is 25.3 Å². The number of piperidine rings is 1. The third-order valence-electron chi connectivity index (χ3n) is 2.94. The Labute approximate surface area is 100 Å². The standard InChI is InChI=1S/C13H17FN2O/c14-11-5-3-10(4-6-11)8-13(17)16-12-2-1-7-15-9-12/h3-6,12,15H,1-2,7-9H2,(H,16,17)/t12-/m1/s1. The summed E-state index contributed by atoms with van der Waals surface area (Å²) in [6, 6.07) is 6.29. The van der Waals surface area contributed by atoms with E-state index in [1.54, 1.807) is 12.1 Å². The van der Waals surface area contributed by atoms with Gasteiger partial charge in [0.1, 0.15) is 5.82 Å². The molecule has 1 fully saturated rings. The highest BCUT2D eigenvalue weighted by Gasteiger charge is 2.15. The lowest BCUT2D eigenvalue weighted by atomic mass is 10.1. The zero-order valence-corrected chi connectivity index (χ0v) is 9.71. The van der Waals surface area contributed by atoms with E-state index in [2.05, 4.69) is 10.6 Å². The first-order valence-corrected chi connectivity index (χ1v) is 5.98. The van der Waals surface area contributed by atoms with Gasteiger partial charge in [0, 0.05) is 12.6 Å². The number of carbonyl (C=O) groups is 1. The molecule has 1 aliphatic rings. The normalized spacial score (nSPS) is 19.9. The average molecular weight is 236 g/mol. The van der Waals surface area contributed by atoms with Crippen molar-refractivity contribution >= 4 is 5.91 Å². The highest BCUT2D eigenvalue weighted by molar-refractivity contribution is 5.78. The molecule has 1 amide bonds. The molecular formula is C13H17FN2O. The van der Waals surface area contributed by atoms with Crippen LogP contribution >= 0.6 is 0 Å². The molecule has 1 saturated heterocycles. The minimum absolute atomic E-state index is 0.00491. The van der Waals surface area contributed by atoms with Gasteiger partial charge in [0.25, 0.3) is 0 Å². The van der Waals surface area contributed by atoms with E-state index in [9.17, 15) is 9.18 Å². The lowest BCUT2D eigenvalue weighted by Crippen LogP contribution is -2.46. The molecule has 0 saturated carbocycles. The lowest BCUT2D eigenvalue weighted by Gasteiger charge is -2.23. The molecule has 1 heterocycles. The molecular weight excluding hydrogens is 219 g/mol. The Morgan fingerprint density at radius 1 is 1.41 bits per heavy atom. The number of rotatable bonds is 3. The van der Waals surface area contributed by atoms with Crippen molar-refractivity contribution in [3.63, 3.8) is 0 Å². The van der Waals surface area contributed by atoms with Crippen molar-refractivity contribution in [1.82, 2.24) is 10.6 Å². The summed E-state index contributed by atoms with van der Waals surface area (Å²) in [6.07, 6.45) is 2.44. The number of benzene rings is 1. The van der Waals surface area contributed by atoms with Gasteiger partial charge in [-0.15, -0.1) is 0 Å². The van der Waals surface area contributed by atoms with Crippen LogP contribution in [0.15, 0.2) is 24.3 Å². The Kier molecular flexibility index (Phi) is 4.09. The highest BCUT2D eigenvalue weighted by atomic mass is 19.1. The van der Waals surface area contributed by atoms with E-state index in [1.165, 1.54) is 12.1 Å². The molecule has 2 N–H and O–H groups in total. The molecule has 4 heteroatoms. The molecule has 0 radical (unpaired) electrons. The second-order valence-corrected chi connectivity index (χ2v) is 4.41. The van der Waals surface area contributed by atoms with Crippen LogP contribution in [-0.2, 0) is 11.2 Å². The topological polar surface area (TPSA) is 41.1 Å². The van der Waals surface area contributed by atoms with Crippen molar-refractivity contribution in [2.24, 2.45) is 0 Å². The lowest BCUT2D eigenvalue weighted by molar-refractivity contribution is -0.121. The Balaban J connectivity index is 1.82. The Morgan fingerprint density at radius 3 is 2.82 bits per heavy atom. The molecule has 1 aliphatic heterocycles. The number of carbonyl (C=O) groups excluding carboxylic acids is 1. The first kappa shape index (κ1) is 12.0. The average Bonchev–Trinajstić information content (AvgIpc) is 2.33. The van der Waals surface area contributed by atoms with Gasteiger partial charge in [0.15, 0.2) is 0 Å². The molecule has 1 aromatic rings. The summed E-state index contributed by atoms with van der Waals surface area (Å²) in [4.78, 5) is 11.7. The fourth-order valence-electron chi connectivity index (χ4n) is 2.04. The van der Waals surface area contributed by atoms with E-state index in [0.717, 1.165) is 31.5 Å². The van der Waals surface area contributed by atoms with Crippen molar-refractivity contribution in [3.05, 3.63) is 35.6 Å². The summed E-state index contributed by atoms with van der Waals surface area (Å²) in [7, 11) is 0. The largest absolute Gasteiger partial charge is 0.352 e. The molecule has 0 unspecified atom stereocenters. The van der Waals surface area contributed by atoms with E-state index in [1.807, 2.05) is 0 Å². The van der Waals surface area contributed by atoms with Crippen molar-refractivity contribution in [2.75, 3.05) is 13.1 Å². The summed E-state index contributed by atoms with van der Waals surface area (Å²) < 4.78 is 12.7. The number of amides is 1. The fraction of sp³-hybridized carbons (Fsp3) is 0.462. The van der Waals surface area contributed by atoms with Crippen LogP contribution in [0.2, 0.25) is 0 Å². The molecule has 0 spiro atoms. The predicted molar refractivity (Wildman–Crippen MR) is 64.1 cm³/mol. The van der Waals surface area contributed by atoms with Crippen LogP contribution in [0.4, 0.5) is 4.39 Å². The van der Waals surface area contributed by atoms with Crippen LogP contribution in [0.5, 0.6) is 0 Å². The fourth-order valence-corrected chi connectivity index (χ4v) is 2.04. The minimum Gasteiger partial charge on any atom is -0.352 e. The van der Waals surface area contributed by atoms with Crippen molar-refractivity contribution in [3.8, 4) is 0 Å². The zero-order chi connectivity index (χ0) is 12.1. The van der Waals surface area contributed by atoms with Crippen LogP contribution in [0.3, 0.4) is 0 Å². The summed E-state index contributed by atoms with van der Waals surface area (Å²) in [5.74, 6) is -0.268. The molecule has 0 aliphatic carbocycles. The van der Waals surface area contributed by atoms with Gasteiger partial charge >= 0.3 is 0 Å². The van der Waals surface area contributed by atoms with E-state index in [-0.39, 0.29) is 17.8 Å². The quantitative estimate of drug-likeness (QED) is 0.829. The van der Waals surface area contributed by atoms with Gasteiger partial charge < -0.3 is 10.6 Å². The van der Waals surface area contributed by atoms with Gasteiger partial charge in [-0.1, -0.05) is 12.1 Å². The predicted octanol–water partition coefficient (Wildman–Crippen LogP) is 1.24. The zero-order valence-electron chi connectivity index (χ0n) is 9.71. The van der Waals surface area contributed by atoms with Crippen molar-refractivity contribution in [1.29, 1.82) is 0 Å². The van der Waals surface area contributed by atoms with Crippen LogP contribution in [0.1, 0.15) is 18.4 Å². The van der Waals surface area contributed by atoms with Gasteiger partial charge in [0.2, 0.25) is 5.91 Å².